The second kappa shape index (κ2) is 11.7. The highest BCUT2D eigenvalue weighted by Crippen LogP contribution is 2.22. The van der Waals surface area contributed by atoms with Gasteiger partial charge in [0.25, 0.3) is 0 Å². The zero-order chi connectivity index (χ0) is 23.0. The summed E-state index contributed by atoms with van der Waals surface area (Å²) >= 11 is 0. The number of carbonyl (C=O) groups is 2. The van der Waals surface area contributed by atoms with Crippen LogP contribution >= 0.6 is 0 Å². The lowest BCUT2D eigenvalue weighted by Gasteiger charge is -2.34. The normalized spacial score (nSPS) is 20.6. The third-order valence-electron chi connectivity index (χ3n) is 5.26. The number of benzene rings is 1. The maximum absolute atomic E-state index is 13.2. The summed E-state index contributed by atoms with van der Waals surface area (Å²) in [5, 5.41) is 5.00. The number of sulfonamides is 1. The first-order valence-corrected chi connectivity index (χ1v) is 12.1. The topological polar surface area (TPSA) is 117 Å². The molecule has 0 spiro atoms. The fourth-order valence-electron chi connectivity index (χ4n) is 3.51. The third-order valence-corrected chi connectivity index (χ3v) is 7.16. The zero-order valence-electron chi connectivity index (χ0n) is 17.8. The lowest BCUT2D eigenvalue weighted by molar-refractivity contribution is -0.140. The number of nitrogens with zero attached hydrogens (tertiary/aromatic N) is 2. The molecule has 0 saturated carbocycles. The smallest absolute Gasteiger partial charge is 0.309 e. The van der Waals surface area contributed by atoms with Crippen molar-refractivity contribution >= 4 is 21.8 Å². The fourth-order valence-corrected chi connectivity index (χ4v) is 5.08. The molecule has 10 nitrogen and oxygen atoms in total. The van der Waals surface area contributed by atoms with Crippen molar-refractivity contribution in [1.82, 2.24) is 19.8 Å². The molecule has 2 saturated heterocycles. The Hall–Kier alpha value is -2.12. The molecule has 2 heterocycles. The van der Waals surface area contributed by atoms with Crippen LogP contribution in [0.5, 0.6) is 0 Å². The van der Waals surface area contributed by atoms with Crippen molar-refractivity contribution in [2.45, 2.75) is 24.0 Å². The SMILES string of the molecule is O=C(NCCCN1CCOCC1)C(=O)NCC1OCCCN1S(=O)(=O)c1ccc(F)cc1. The molecule has 178 valence electrons. The van der Waals surface area contributed by atoms with Crippen LogP contribution in [0.1, 0.15) is 12.8 Å². The Morgan fingerprint density at radius 3 is 2.44 bits per heavy atom. The Bertz CT molecular complexity index is 877. The molecule has 0 radical (unpaired) electrons. The molecule has 2 aliphatic rings. The van der Waals surface area contributed by atoms with Crippen molar-refractivity contribution in [1.29, 1.82) is 0 Å². The highest BCUT2D eigenvalue weighted by molar-refractivity contribution is 7.89. The minimum absolute atomic E-state index is 0.0706. The van der Waals surface area contributed by atoms with Crippen LogP contribution in [-0.2, 0) is 29.1 Å². The van der Waals surface area contributed by atoms with Gasteiger partial charge in [0.1, 0.15) is 12.0 Å². The van der Waals surface area contributed by atoms with Crippen LogP contribution in [0.2, 0.25) is 0 Å². The number of hydrogen-bond donors (Lipinski definition) is 2. The standard InChI is InChI=1S/C20H29FN4O6S/c21-16-3-5-17(6-4-16)32(28,29)25-9-2-12-31-18(25)15-23-20(27)19(26)22-7-1-8-24-10-13-30-14-11-24/h3-6,18H,1-2,7-15H2,(H,22,26)(H,23,27). The molecule has 2 amide bonds. The highest BCUT2D eigenvalue weighted by Gasteiger charge is 2.35. The molecule has 2 N–H and O–H groups in total. The van der Waals surface area contributed by atoms with Gasteiger partial charge in [-0.05, 0) is 43.7 Å². The molecule has 2 aliphatic heterocycles. The van der Waals surface area contributed by atoms with Gasteiger partial charge in [-0.3, -0.25) is 14.5 Å². The number of ether oxygens (including phenoxy) is 2. The summed E-state index contributed by atoms with van der Waals surface area (Å²) in [4.78, 5) is 26.3. The summed E-state index contributed by atoms with van der Waals surface area (Å²) in [6.45, 7) is 4.60. The van der Waals surface area contributed by atoms with Crippen LogP contribution in [0.15, 0.2) is 29.2 Å². The van der Waals surface area contributed by atoms with Crippen LogP contribution in [0, 0.1) is 5.82 Å². The monoisotopic (exact) mass is 472 g/mol. The molecule has 1 atom stereocenters. The van der Waals surface area contributed by atoms with E-state index >= 15 is 0 Å². The molecule has 1 aromatic carbocycles. The summed E-state index contributed by atoms with van der Waals surface area (Å²) in [6.07, 6.45) is 0.222. The van der Waals surface area contributed by atoms with E-state index in [1.165, 1.54) is 12.1 Å². The van der Waals surface area contributed by atoms with Gasteiger partial charge in [-0.1, -0.05) is 0 Å². The van der Waals surface area contributed by atoms with Gasteiger partial charge in [0.05, 0.1) is 31.3 Å². The first kappa shape index (κ1) is 24.5. The summed E-state index contributed by atoms with van der Waals surface area (Å²) < 4.78 is 50.9. The number of nitrogens with one attached hydrogen (secondary N) is 2. The Morgan fingerprint density at radius 2 is 1.72 bits per heavy atom. The van der Waals surface area contributed by atoms with E-state index in [4.69, 9.17) is 9.47 Å². The zero-order valence-corrected chi connectivity index (χ0v) is 18.6. The minimum Gasteiger partial charge on any atom is -0.379 e. The van der Waals surface area contributed by atoms with Crippen LogP contribution in [0.3, 0.4) is 0 Å². The van der Waals surface area contributed by atoms with E-state index in [-0.39, 0.29) is 18.0 Å². The fraction of sp³-hybridized carbons (Fsp3) is 0.600. The van der Waals surface area contributed by atoms with Gasteiger partial charge in [0, 0.05) is 26.2 Å². The molecule has 32 heavy (non-hydrogen) atoms. The van der Waals surface area contributed by atoms with E-state index in [0.29, 0.717) is 39.2 Å². The van der Waals surface area contributed by atoms with Crippen molar-refractivity contribution in [3.05, 3.63) is 30.1 Å². The van der Waals surface area contributed by atoms with Crippen molar-refractivity contribution in [3.63, 3.8) is 0 Å². The lowest BCUT2D eigenvalue weighted by Crippen LogP contribution is -2.53. The van der Waals surface area contributed by atoms with Gasteiger partial charge in [-0.2, -0.15) is 4.31 Å². The maximum atomic E-state index is 13.2. The molecule has 2 fully saturated rings. The second-order valence-electron chi connectivity index (χ2n) is 7.52. The van der Waals surface area contributed by atoms with Crippen LogP contribution in [-0.4, -0.2) is 94.8 Å². The van der Waals surface area contributed by atoms with Gasteiger partial charge < -0.3 is 20.1 Å². The van der Waals surface area contributed by atoms with E-state index in [1.807, 2.05) is 0 Å². The summed E-state index contributed by atoms with van der Waals surface area (Å²) in [5.41, 5.74) is 0. The average Bonchev–Trinajstić information content (AvgIpc) is 2.81. The lowest BCUT2D eigenvalue weighted by atomic mass is 10.3. The molecule has 1 aromatic rings. The van der Waals surface area contributed by atoms with Crippen molar-refractivity contribution < 1.29 is 31.9 Å². The summed E-state index contributed by atoms with van der Waals surface area (Å²) in [6, 6.07) is 4.49. The van der Waals surface area contributed by atoms with Crippen LogP contribution in [0.25, 0.3) is 0 Å². The van der Waals surface area contributed by atoms with Gasteiger partial charge >= 0.3 is 11.8 Å². The van der Waals surface area contributed by atoms with Crippen molar-refractivity contribution in [2.24, 2.45) is 0 Å². The Balaban J connectivity index is 1.46. The van der Waals surface area contributed by atoms with Gasteiger partial charge in [-0.15, -0.1) is 0 Å². The number of halogens is 1. The molecule has 1 unspecified atom stereocenters. The molecular weight excluding hydrogens is 443 g/mol. The van der Waals surface area contributed by atoms with E-state index < -0.39 is 33.9 Å². The average molecular weight is 473 g/mol. The molecule has 12 heteroatoms. The maximum Gasteiger partial charge on any atom is 0.309 e. The Labute approximate surface area is 187 Å². The first-order valence-electron chi connectivity index (χ1n) is 10.6. The largest absolute Gasteiger partial charge is 0.379 e. The van der Waals surface area contributed by atoms with Crippen molar-refractivity contribution in [3.8, 4) is 0 Å². The molecular formula is C20H29FN4O6S. The van der Waals surface area contributed by atoms with Gasteiger partial charge in [0.15, 0.2) is 0 Å². The Kier molecular flexibility index (Phi) is 8.93. The quantitative estimate of drug-likeness (QED) is 0.388. The van der Waals surface area contributed by atoms with E-state index in [0.717, 1.165) is 36.1 Å². The summed E-state index contributed by atoms with van der Waals surface area (Å²) in [5.74, 6) is -2.18. The highest BCUT2D eigenvalue weighted by atomic mass is 32.2. The van der Waals surface area contributed by atoms with Crippen LogP contribution < -0.4 is 10.6 Å². The van der Waals surface area contributed by atoms with E-state index in [9.17, 15) is 22.4 Å². The summed E-state index contributed by atoms with van der Waals surface area (Å²) in [7, 11) is -3.95. The molecule has 0 aliphatic carbocycles. The minimum atomic E-state index is -3.95. The number of morpholine rings is 1. The second-order valence-corrected chi connectivity index (χ2v) is 9.41. The predicted octanol–water partition coefficient (Wildman–Crippen LogP) is -0.482. The predicted molar refractivity (Wildman–Crippen MR) is 113 cm³/mol. The molecule has 0 aromatic heterocycles. The van der Waals surface area contributed by atoms with E-state index in [1.54, 1.807) is 0 Å². The number of amides is 2. The molecule has 3 rings (SSSR count). The van der Waals surface area contributed by atoms with Crippen molar-refractivity contribution in [2.75, 3.05) is 59.1 Å². The first-order chi connectivity index (χ1) is 15.4. The van der Waals surface area contributed by atoms with Gasteiger partial charge in [0.2, 0.25) is 10.0 Å². The number of carbonyl (C=O) groups excluding carboxylic acids is 2. The van der Waals surface area contributed by atoms with Gasteiger partial charge in [-0.25, -0.2) is 12.8 Å². The number of hydrogen-bond acceptors (Lipinski definition) is 7. The Morgan fingerprint density at radius 1 is 1.03 bits per heavy atom. The third kappa shape index (κ3) is 6.69. The number of rotatable bonds is 8. The van der Waals surface area contributed by atoms with E-state index in [2.05, 4.69) is 15.5 Å². The molecule has 0 bridgehead atoms. The van der Waals surface area contributed by atoms with Crippen LogP contribution in [0.4, 0.5) is 4.39 Å².